The van der Waals surface area contributed by atoms with Crippen LogP contribution in [0.5, 0.6) is 0 Å². The number of rotatable bonds is 6. The first-order chi connectivity index (χ1) is 10.3. The number of nitriles is 1. The van der Waals surface area contributed by atoms with Crippen molar-refractivity contribution in [3.63, 3.8) is 0 Å². The number of aromatic nitrogens is 1. The molecule has 0 unspecified atom stereocenters. The molecule has 2 rings (SSSR count). The molecule has 0 radical (unpaired) electrons. The Morgan fingerprint density at radius 2 is 2.05 bits per heavy atom. The first-order valence-corrected chi connectivity index (χ1v) is 6.76. The van der Waals surface area contributed by atoms with E-state index < -0.39 is 0 Å². The highest BCUT2D eigenvalue weighted by Gasteiger charge is 2.05. The molecule has 21 heavy (non-hydrogen) atoms. The SMILES string of the molecule is CCN(CC)c1ccc(/C=N/Nc2ocnc2C#N)cc1. The van der Waals surface area contributed by atoms with Gasteiger partial charge in [0, 0.05) is 18.8 Å². The predicted molar refractivity (Wildman–Crippen MR) is 82.4 cm³/mol. The first kappa shape index (κ1) is 14.6. The van der Waals surface area contributed by atoms with E-state index >= 15 is 0 Å². The smallest absolute Gasteiger partial charge is 0.251 e. The second kappa shape index (κ2) is 7.10. The summed E-state index contributed by atoms with van der Waals surface area (Å²) in [5, 5.41) is 12.8. The standard InChI is InChI=1S/C15H17N5O/c1-3-20(4-2)13-7-5-12(6-8-13)10-18-19-15-14(9-16)17-11-21-15/h5-8,10-11,19H,3-4H2,1-2H3/b18-10+. The fraction of sp³-hybridized carbons (Fsp3) is 0.267. The largest absolute Gasteiger partial charge is 0.425 e. The minimum atomic E-state index is 0.184. The second-order valence-electron chi connectivity index (χ2n) is 4.28. The molecule has 6 heteroatoms. The number of nitrogens with one attached hydrogen (secondary N) is 1. The van der Waals surface area contributed by atoms with Gasteiger partial charge in [0.25, 0.3) is 5.88 Å². The maximum absolute atomic E-state index is 8.78. The van der Waals surface area contributed by atoms with Gasteiger partial charge in [0.1, 0.15) is 6.07 Å². The zero-order valence-corrected chi connectivity index (χ0v) is 12.1. The van der Waals surface area contributed by atoms with Gasteiger partial charge in [-0.25, -0.2) is 10.4 Å². The Balaban J connectivity index is 2.00. The summed E-state index contributed by atoms with van der Waals surface area (Å²) in [7, 11) is 0. The number of oxazole rings is 1. The third-order valence-electron chi connectivity index (χ3n) is 3.07. The van der Waals surface area contributed by atoms with Gasteiger partial charge < -0.3 is 9.32 Å². The molecule has 1 aromatic heterocycles. The van der Waals surface area contributed by atoms with E-state index in [1.54, 1.807) is 6.21 Å². The summed E-state index contributed by atoms with van der Waals surface area (Å²) < 4.78 is 5.01. The maximum Gasteiger partial charge on any atom is 0.251 e. The van der Waals surface area contributed by atoms with Crippen LogP contribution in [0, 0.1) is 11.3 Å². The summed E-state index contributed by atoms with van der Waals surface area (Å²) in [6.07, 6.45) is 2.87. The first-order valence-electron chi connectivity index (χ1n) is 6.76. The average molecular weight is 283 g/mol. The summed E-state index contributed by atoms with van der Waals surface area (Å²) in [5.41, 5.74) is 4.99. The molecular formula is C15H17N5O. The average Bonchev–Trinajstić information content (AvgIpc) is 2.97. The molecule has 0 bridgehead atoms. The fourth-order valence-electron chi connectivity index (χ4n) is 1.93. The molecule has 0 saturated heterocycles. The predicted octanol–water partition coefficient (Wildman–Crippen LogP) is 2.84. The summed E-state index contributed by atoms with van der Waals surface area (Å²) in [6, 6.07) is 10.0. The molecule has 0 atom stereocenters. The van der Waals surface area contributed by atoms with Gasteiger partial charge in [-0.2, -0.15) is 10.4 Å². The zero-order valence-electron chi connectivity index (χ0n) is 12.1. The van der Waals surface area contributed by atoms with Crippen LogP contribution in [-0.2, 0) is 0 Å². The molecule has 0 spiro atoms. The van der Waals surface area contributed by atoms with E-state index in [2.05, 4.69) is 46.4 Å². The lowest BCUT2D eigenvalue weighted by Crippen LogP contribution is -2.21. The maximum atomic E-state index is 8.78. The van der Waals surface area contributed by atoms with Crippen LogP contribution in [0.1, 0.15) is 25.1 Å². The van der Waals surface area contributed by atoms with E-state index in [0.717, 1.165) is 18.7 Å². The molecule has 0 aliphatic rings. The van der Waals surface area contributed by atoms with E-state index in [4.69, 9.17) is 9.68 Å². The van der Waals surface area contributed by atoms with Crippen molar-refractivity contribution in [1.29, 1.82) is 5.26 Å². The van der Waals surface area contributed by atoms with Gasteiger partial charge in [0.2, 0.25) is 5.69 Å². The number of anilines is 2. The molecular weight excluding hydrogens is 266 g/mol. The summed E-state index contributed by atoms with van der Waals surface area (Å²) >= 11 is 0. The number of benzene rings is 1. The lowest BCUT2D eigenvalue weighted by atomic mass is 10.2. The van der Waals surface area contributed by atoms with Crippen LogP contribution >= 0.6 is 0 Å². The van der Waals surface area contributed by atoms with E-state index in [1.807, 2.05) is 18.2 Å². The van der Waals surface area contributed by atoms with E-state index in [1.165, 1.54) is 12.1 Å². The molecule has 1 N–H and O–H groups in total. The van der Waals surface area contributed by atoms with Gasteiger partial charge in [-0.05, 0) is 31.5 Å². The van der Waals surface area contributed by atoms with Crippen LogP contribution < -0.4 is 10.3 Å². The number of hydrogen-bond acceptors (Lipinski definition) is 6. The number of hydrogen-bond donors (Lipinski definition) is 1. The van der Waals surface area contributed by atoms with Crippen LogP contribution in [0.15, 0.2) is 40.2 Å². The van der Waals surface area contributed by atoms with Gasteiger partial charge in [-0.1, -0.05) is 12.1 Å². The third-order valence-corrected chi connectivity index (χ3v) is 3.07. The molecule has 1 heterocycles. The Hall–Kier alpha value is -2.81. The highest BCUT2D eigenvalue weighted by Crippen LogP contribution is 2.14. The molecule has 0 saturated carbocycles. The molecule has 0 aliphatic carbocycles. The summed E-state index contributed by atoms with van der Waals surface area (Å²) in [5.74, 6) is 0.244. The van der Waals surface area contributed by atoms with Gasteiger partial charge in [0.15, 0.2) is 6.39 Å². The van der Waals surface area contributed by atoms with Crippen molar-refractivity contribution in [2.75, 3.05) is 23.4 Å². The van der Waals surface area contributed by atoms with Crippen molar-refractivity contribution in [2.45, 2.75) is 13.8 Å². The Kier molecular flexibility index (Phi) is 4.94. The lowest BCUT2D eigenvalue weighted by Gasteiger charge is -2.20. The molecule has 0 aliphatic heterocycles. The van der Waals surface area contributed by atoms with Crippen molar-refractivity contribution in [3.05, 3.63) is 41.9 Å². The van der Waals surface area contributed by atoms with Gasteiger partial charge in [-0.3, -0.25) is 0 Å². The van der Waals surface area contributed by atoms with Crippen molar-refractivity contribution < 1.29 is 4.42 Å². The molecule has 6 nitrogen and oxygen atoms in total. The second-order valence-corrected chi connectivity index (χ2v) is 4.28. The number of hydrazone groups is 1. The quantitative estimate of drug-likeness (QED) is 0.651. The molecule has 108 valence electrons. The van der Waals surface area contributed by atoms with Crippen molar-refractivity contribution in [3.8, 4) is 6.07 Å². The fourth-order valence-corrected chi connectivity index (χ4v) is 1.93. The van der Waals surface area contributed by atoms with Crippen molar-refractivity contribution in [2.24, 2.45) is 5.10 Å². The van der Waals surface area contributed by atoms with Gasteiger partial charge >= 0.3 is 0 Å². The van der Waals surface area contributed by atoms with Gasteiger partial charge in [-0.15, -0.1) is 0 Å². The molecule has 2 aromatic rings. The monoisotopic (exact) mass is 283 g/mol. The Morgan fingerprint density at radius 3 is 2.67 bits per heavy atom. The van der Waals surface area contributed by atoms with Crippen LogP contribution in [0.25, 0.3) is 0 Å². The van der Waals surface area contributed by atoms with Crippen LogP contribution in [-0.4, -0.2) is 24.3 Å². The Morgan fingerprint density at radius 1 is 1.33 bits per heavy atom. The highest BCUT2D eigenvalue weighted by molar-refractivity contribution is 5.80. The van der Waals surface area contributed by atoms with E-state index in [-0.39, 0.29) is 11.6 Å². The van der Waals surface area contributed by atoms with Crippen LogP contribution in [0.3, 0.4) is 0 Å². The minimum absolute atomic E-state index is 0.184. The van der Waals surface area contributed by atoms with Crippen LogP contribution in [0.2, 0.25) is 0 Å². The van der Waals surface area contributed by atoms with Crippen LogP contribution in [0.4, 0.5) is 11.6 Å². The van der Waals surface area contributed by atoms with Crippen molar-refractivity contribution in [1.82, 2.24) is 4.98 Å². The highest BCUT2D eigenvalue weighted by atomic mass is 16.4. The topological polar surface area (TPSA) is 77.4 Å². The summed E-state index contributed by atoms with van der Waals surface area (Å²) in [6.45, 7) is 6.22. The van der Waals surface area contributed by atoms with E-state index in [0.29, 0.717) is 0 Å². The number of nitrogens with zero attached hydrogens (tertiary/aromatic N) is 4. The minimum Gasteiger partial charge on any atom is -0.425 e. The van der Waals surface area contributed by atoms with E-state index in [9.17, 15) is 0 Å². The normalized spacial score (nSPS) is 10.5. The molecule has 0 fully saturated rings. The molecule has 0 amide bonds. The van der Waals surface area contributed by atoms with Crippen molar-refractivity contribution >= 4 is 17.8 Å². The zero-order chi connectivity index (χ0) is 15.1. The lowest BCUT2D eigenvalue weighted by molar-refractivity contribution is 0.570. The molecule has 1 aromatic carbocycles. The third kappa shape index (κ3) is 3.60. The Bertz CT molecular complexity index is 635. The Labute approximate surface area is 123 Å². The summed E-state index contributed by atoms with van der Waals surface area (Å²) in [4.78, 5) is 6.01. The van der Waals surface area contributed by atoms with Gasteiger partial charge in [0.05, 0.1) is 6.21 Å².